The van der Waals surface area contributed by atoms with Crippen LogP contribution in [-0.4, -0.2) is 35.1 Å². The summed E-state index contributed by atoms with van der Waals surface area (Å²) in [4.78, 5) is 24.6. The van der Waals surface area contributed by atoms with Gasteiger partial charge in [0.1, 0.15) is 0 Å². The Kier molecular flexibility index (Phi) is 5.39. The maximum atomic E-state index is 12.1. The highest BCUT2D eigenvalue weighted by Crippen LogP contribution is 2.24. The molecule has 0 heterocycles. The van der Waals surface area contributed by atoms with Crippen LogP contribution in [0.4, 0.5) is 10.5 Å². The molecule has 1 atom stereocenters. The number of aromatic carboxylic acids is 1. The van der Waals surface area contributed by atoms with Gasteiger partial charge in [-0.25, -0.2) is 9.59 Å². The fourth-order valence-electron chi connectivity index (χ4n) is 1.59. The van der Waals surface area contributed by atoms with E-state index in [0.29, 0.717) is 16.6 Å². The third-order valence-corrected chi connectivity index (χ3v) is 3.68. The van der Waals surface area contributed by atoms with Crippen molar-refractivity contribution < 1.29 is 14.7 Å². The van der Waals surface area contributed by atoms with Crippen molar-refractivity contribution in [3.05, 3.63) is 28.8 Å². The summed E-state index contributed by atoms with van der Waals surface area (Å²) in [5, 5.41) is 11.9. The molecular formula is C14H19ClN2O3. The van der Waals surface area contributed by atoms with E-state index in [2.05, 4.69) is 5.32 Å². The van der Waals surface area contributed by atoms with E-state index in [-0.39, 0.29) is 17.6 Å². The van der Waals surface area contributed by atoms with Gasteiger partial charge in [-0.3, -0.25) is 0 Å². The van der Waals surface area contributed by atoms with Crippen LogP contribution < -0.4 is 5.32 Å². The SMILES string of the molecule is CC(C)C(C)N(C)C(=O)Nc1cc(C(=O)O)ccc1Cl. The molecule has 0 aliphatic heterocycles. The zero-order chi connectivity index (χ0) is 15.4. The fourth-order valence-corrected chi connectivity index (χ4v) is 1.75. The summed E-state index contributed by atoms with van der Waals surface area (Å²) in [5.41, 5.74) is 0.364. The van der Waals surface area contributed by atoms with Gasteiger partial charge in [-0.1, -0.05) is 25.4 Å². The molecule has 0 aromatic heterocycles. The molecule has 0 bridgehead atoms. The average molecular weight is 299 g/mol. The maximum absolute atomic E-state index is 12.1. The first kappa shape index (κ1) is 16.3. The summed E-state index contributed by atoms with van der Waals surface area (Å²) in [6.07, 6.45) is 0. The highest BCUT2D eigenvalue weighted by molar-refractivity contribution is 6.33. The first-order valence-electron chi connectivity index (χ1n) is 6.30. The lowest BCUT2D eigenvalue weighted by molar-refractivity contribution is 0.0697. The Balaban J connectivity index is 2.90. The van der Waals surface area contributed by atoms with Gasteiger partial charge in [0.05, 0.1) is 16.3 Å². The molecule has 20 heavy (non-hydrogen) atoms. The normalized spacial score (nSPS) is 12.1. The van der Waals surface area contributed by atoms with Gasteiger partial charge in [-0.2, -0.15) is 0 Å². The highest BCUT2D eigenvalue weighted by Gasteiger charge is 2.19. The molecule has 0 fully saturated rings. The van der Waals surface area contributed by atoms with Gasteiger partial charge in [0, 0.05) is 13.1 Å². The number of carbonyl (C=O) groups excluding carboxylic acids is 1. The van der Waals surface area contributed by atoms with Crippen LogP contribution in [0.1, 0.15) is 31.1 Å². The molecule has 110 valence electrons. The number of nitrogens with zero attached hydrogens (tertiary/aromatic N) is 1. The van der Waals surface area contributed by atoms with Crippen LogP contribution in [-0.2, 0) is 0 Å². The lowest BCUT2D eigenvalue weighted by Gasteiger charge is -2.28. The number of anilines is 1. The minimum absolute atomic E-state index is 0.0523. The molecule has 0 aliphatic rings. The van der Waals surface area contributed by atoms with E-state index >= 15 is 0 Å². The number of hydrogen-bond donors (Lipinski definition) is 2. The number of rotatable bonds is 4. The van der Waals surface area contributed by atoms with Crippen LogP contribution in [0.5, 0.6) is 0 Å². The third kappa shape index (κ3) is 3.87. The number of carbonyl (C=O) groups is 2. The van der Waals surface area contributed by atoms with E-state index in [1.54, 1.807) is 11.9 Å². The molecule has 0 saturated heterocycles. The number of amides is 2. The number of urea groups is 1. The van der Waals surface area contributed by atoms with E-state index in [0.717, 1.165) is 0 Å². The van der Waals surface area contributed by atoms with Crippen molar-refractivity contribution in [2.45, 2.75) is 26.8 Å². The van der Waals surface area contributed by atoms with Gasteiger partial charge in [-0.15, -0.1) is 0 Å². The summed E-state index contributed by atoms with van der Waals surface area (Å²) in [7, 11) is 1.69. The molecule has 6 heteroatoms. The second-order valence-corrected chi connectivity index (χ2v) is 5.43. The Labute approximate surface area is 123 Å². The lowest BCUT2D eigenvalue weighted by atomic mass is 10.1. The molecule has 0 saturated carbocycles. The van der Waals surface area contributed by atoms with Crippen molar-refractivity contribution in [3.8, 4) is 0 Å². The molecule has 2 amide bonds. The van der Waals surface area contributed by atoms with Crippen LogP contribution in [0.25, 0.3) is 0 Å². The molecule has 1 aromatic carbocycles. The summed E-state index contributed by atoms with van der Waals surface area (Å²) in [6.45, 7) is 5.98. The standard InChI is InChI=1S/C14H19ClN2O3/c1-8(2)9(3)17(4)14(20)16-12-7-10(13(18)19)5-6-11(12)15/h5-9H,1-4H3,(H,16,20)(H,18,19). The van der Waals surface area contributed by atoms with Gasteiger partial charge >= 0.3 is 12.0 Å². The molecule has 0 radical (unpaired) electrons. The number of carboxylic acid groups (broad SMARTS) is 1. The summed E-state index contributed by atoms with van der Waals surface area (Å²) < 4.78 is 0. The van der Waals surface area contributed by atoms with Gasteiger partial charge < -0.3 is 15.3 Å². The van der Waals surface area contributed by atoms with Crippen LogP contribution in [0.3, 0.4) is 0 Å². The second-order valence-electron chi connectivity index (χ2n) is 5.03. The van der Waals surface area contributed by atoms with Crippen LogP contribution in [0.2, 0.25) is 5.02 Å². The Bertz CT molecular complexity index is 517. The quantitative estimate of drug-likeness (QED) is 0.893. The molecule has 2 N–H and O–H groups in total. The monoisotopic (exact) mass is 298 g/mol. The van der Waals surface area contributed by atoms with E-state index in [1.807, 2.05) is 20.8 Å². The maximum Gasteiger partial charge on any atom is 0.335 e. The van der Waals surface area contributed by atoms with Gasteiger partial charge in [-0.05, 0) is 31.0 Å². The van der Waals surface area contributed by atoms with Crippen molar-refractivity contribution >= 4 is 29.3 Å². The molecule has 0 aliphatic carbocycles. The molecule has 1 aromatic rings. The van der Waals surface area contributed by atoms with Crippen LogP contribution >= 0.6 is 11.6 Å². The van der Waals surface area contributed by atoms with E-state index < -0.39 is 5.97 Å². The zero-order valence-corrected chi connectivity index (χ0v) is 12.7. The van der Waals surface area contributed by atoms with Crippen molar-refractivity contribution in [3.63, 3.8) is 0 Å². The van der Waals surface area contributed by atoms with Crippen molar-refractivity contribution in [1.82, 2.24) is 4.90 Å². The van der Waals surface area contributed by atoms with Crippen molar-refractivity contribution in [1.29, 1.82) is 0 Å². The first-order valence-corrected chi connectivity index (χ1v) is 6.68. The molecule has 1 rings (SSSR count). The number of halogens is 1. The fraction of sp³-hybridized carbons (Fsp3) is 0.429. The van der Waals surface area contributed by atoms with Crippen molar-refractivity contribution in [2.75, 3.05) is 12.4 Å². The Morgan fingerprint density at radius 2 is 1.90 bits per heavy atom. The predicted molar refractivity (Wildman–Crippen MR) is 79.5 cm³/mol. The van der Waals surface area contributed by atoms with E-state index in [1.165, 1.54) is 18.2 Å². The zero-order valence-electron chi connectivity index (χ0n) is 12.0. The topological polar surface area (TPSA) is 69.6 Å². The third-order valence-electron chi connectivity index (χ3n) is 3.35. The smallest absolute Gasteiger partial charge is 0.335 e. The Hall–Kier alpha value is -1.75. The minimum atomic E-state index is -1.07. The van der Waals surface area contributed by atoms with Gasteiger partial charge in [0.25, 0.3) is 0 Å². The largest absolute Gasteiger partial charge is 0.478 e. The Morgan fingerprint density at radius 1 is 1.30 bits per heavy atom. The molecule has 0 spiro atoms. The molecule has 5 nitrogen and oxygen atoms in total. The summed E-state index contributed by atoms with van der Waals surface area (Å²) in [6, 6.07) is 3.91. The first-order chi connectivity index (χ1) is 9.23. The van der Waals surface area contributed by atoms with E-state index in [4.69, 9.17) is 16.7 Å². The highest BCUT2D eigenvalue weighted by atomic mass is 35.5. The second kappa shape index (κ2) is 6.61. The number of carboxylic acids is 1. The average Bonchev–Trinajstić information content (AvgIpc) is 2.38. The summed E-state index contributed by atoms with van der Waals surface area (Å²) in [5.74, 6) is -0.757. The lowest BCUT2D eigenvalue weighted by Crippen LogP contribution is -2.40. The van der Waals surface area contributed by atoms with Crippen LogP contribution in [0.15, 0.2) is 18.2 Å². The number of nitrogens with one attached hydrogen (secondary N) is 1. The van der Waals surface area contributed by atoms with Gasteiger partial charge in [0.2, 0.25) is 0 Å². The molecule has 1 unspecified atom stereocenters. The minimum Gasteiger partial charge on any atom is -0.478 e. The van der Waals surface area contributed by atoms with Gasteiger partial charge in [0.15, 0.2) is 0 Å². The van der Waals surface area contributed by atoms with Crippen molar-refractivity contribution in [2.24, 2.45) is 5.92 Å². The molecular weight excluding hydrogens is 280 g/mol. The summed E-state index contributed by atoms with van der Waals surface area (Å²) >= 11 is 5.97. The number of benzene rings is 1. The predicted octanol–water partition coefficient (Wildman–Crippen LogP) is 3.55. The van der Waals surface area contributed by atoms with E-state index in [9.17, 15) is 9.59 Å². The Morgan fingerprint density at radius 3 is 2.40 bits per heavy atom. The van der Waals surface area contributed by atoms with Crippen LogP contribution in [0, 0.1) is 5.92 Å². The number of hydrogen-bond acceptors (Lipinski definition) is 2.